The zero-order valence-corrected chi connectivity index (χ0v) is 11.8. The minimum Gasteiger partial charge on any atom is -0.369 e. The second-order valence-corrected chi connectivity index (χ2v) is 4.50. The Morgan fingerprint density at radius 3 is 2.71 bits per heavy atom. The minimum atomic E-state index is -0.493. The lowest BCUT2D eigenvalue weighted by atomic mass is 10.3. The van der Waals surface area contributed by atoms with Gasteiger partial charge in [0.05, 0.1) is 18.1 Å². The summed E-state index contributed by atoms with van der Waals surface area (Å²) in [6.45, 7) is 2.91. The van der Waals surface area contributed by atoms with Crippen LogP contribution in [-0.2, 0) is 0 Å². The second kappa shape index (κ2) is 7.33. The number of benzene rings is 1. The van der Waals surface area contributed by atoms with Gasteiger partial charge in [-0.05, 0) is 18.6 Å². The van der Waals surface area contributed by atoms with Gasteiger partial charge < -0.3 is 10.6 Å². The predicted molar refractivity (Wildman–Crippen MR) is 79.8 cm³/mol. The van der Waals surface area contributed by atoms with Gasteiger partial charge in [-0.2, -0.15) is 0 Å². The van der Waals surface area contributed by atoms with E-state index in [0.717, 1.165) is 19.4 Å². The van der Waals surface area contributed by atoms with E-state index in [1.54, 1.807) is 12.1 Å². The average Bonchev–Trinajstić information content (AvgIpc) is 2.50. The van der Waals surface area contributed by atoms with Gasteiger partial charge in [0.2, 0.25) is 0 Å². The molecule has 6 heteroatoms. The number of carbonyl (C=O) groups excluding carboxylic acids is 1. The van der Waals surface area contributed by atoms with Crippen LogP contribution in [0.2, 0.25) is 0 Å². The third kappa shape index (κ3) is 4.24. The van der Waals surface area contributed by atoms with Crippen molar-refractivity contribution in [3.8, 4) is 0 Å². The lowest BCUT2D eigenvalue weighted by molar-refractivity contribution is 0.102. The van der Waals surface area contributed by atoms with Gasteiger partial charge in [-0.15, -0.1) is 0 Å². The Balaban J connectivity index is 1.98. The fraction of sp³-hybridized carbons (Fsp3) is 0.267. The van der Waals surface area contributed by atoms with Crippen LogP contribution in [0.5, 0.6) is 0 Å². The Bertz CT molecular complexity index is 601. The summed E-state index contributed by atoms with van der Waals surface area (Å²) in [6.07, 6.45) is 4.98. The molecule has 1 amide bonds. The van der Waals surface area contributed by atoms with Gasteiger partial charge in [0.15, 0.2) is 0 Å². The quantitative estimate of drug-likeness (QED) is 0.802. The van der Waals surface area contributed by atoms with E-state index in [2.05, 4.69) is 27.5 Å². The Labute approximate surface area is 122 Å². The number of anilines is 2. The molecule has 110 valence electrons. The number of nitrogens with one attached hydrogen (secondary N) is 2. The summed E-state index contributed by atoms with van der Waals surface area (Å²) in [5.41, 5.74) is 0.258. The van der Waals surface area contributed by atoms with Crippen molar-refractivity contribution >= 4 is 17.4 Å². The van der Waals surface area contributed by atoms with Gasteiger partial charge in [-0.25, -0.2) is 14.4 Å². The van der Waals surface area contributed by atoms with Crippen molar-refractivity contribution in [2.24, 2.45) is 0 Å². The molecule has 2 aromatic rings. The van der Waals surface area contributed by atoms with Crippen LogP contribution in [-0.4, -0.2) is 22.4 Å². The first-order valence-electron chi connectivity index (χ1n) is 6.82. The van der Waals surface area contributed by atoms with Crippen molar-refractivity contribution < 1.29 is 9.18 Å². The number of amides is 1. The molecule has 21 heavy (non-hydrogen) atoms. The van der Waals surface area contributed by atoms with Crippen LogP contribution in [0.1, 0.15) is 30.3 Å². The first-order chi connectivity index (χ1) is 10.2. The van der Waals surface area contributed by atoms with Gasteiger partial charge >= 0.3 is 0 Å². The van der Waals surface area contributed by atoms with Crippen LogP contribution in [0.3, 0.4) is 0 Å². The molecular weight excluding hydrogens is 271 g/mol. The van der Waals surface area contributed by atoms with E-state index >= 15 is 0 Å². The van der Waals surface area contributed by atoms with E-state index in [1.165, 1.54) is 24.5 Å². The van der Waals surface area contributed by atoms with Gasteiger partial charge in [0, 0.05) is 6.54 Å². The first kappa shape index (κ1) is 14.9. The number of rotatable bonds is 6. The SMILES string of the molecule is CCCCNc1cnc(C(=O)Nc2ccccc2F)cn1. The third-order valence-corrected chi connectivity index (χ3v) is 2.84. The van der Waals surface area contributed by atoms with Crippen LogP contribution in [0, 0.1) is 5.82 Å². The van der Waals surface area contributed by atoms with E-state index in [0.29, 0.717) is 5.82 Å². The Kier molecular flexibility index (Phi) is 5.20. The highest BCUT2D eigenvalue weighted by Gasteiger charge is 2.10. The Morgan fingerprint density at radius 2 is 2.05 bits per heavy atom. The maximum atomic E-state index is 13.4. The van der Waals surface area contributed by atoms with Crippen LogP contribution in [0.15, 0.2) is 36.7 Å². The van der Waals surface area contributed by atoms with Crippen molar-refractivity contribution in [3.63, 3.8) is 0 Å². The molecule has 1 heterocycles. The minimum absolute atomic E-state index is 0.120. The van der Waals surface area contributed by atoms with Crippen LogP contribution < -0.4 is 10.6 Å². The monoisotopic (exact) mass is 288 g/mol. The number of unbranched alkanes of at least 4 members (excludes halogenated alkanes) is 1. The van der Waals surface area contributed by atoms with Crippen molar-refractivity contribution in [2.45, 2.75) is 19.8 Å². The predicted octanol–water partition coefficient (Wildman–Crippen LogP) is 3.08. The van der Waals surface area contributed by atoms with E-state index in [1.807, 2.05) is 0 Å². The van der Waals surface area contributed by atoms with E-state index in [-0.39, 0.29) is 11.4 Å². The van der Waals surface area contributed by atoms with E-state index < -0.39 is 11.7 Å². The van der Waals surface area contributed by atoms with Crippen molar-refractivity contribution in [1.29, 1.82) is 0 Å². The maximum Gasteiger partial charge on any atom is 0.275 e. The lowest BCUT2D eigenvalue weighted by Gasteiger charge is -2.07. The highest BCUT2D eigenvalue weighted by Crippen LogP contribution is 2.13. The number of hydrogen-bond donors (Lipinski definition) is 2. The van der Waals surface area contributed by atoms with Gasteiger partial charge in [0.1, 0.15) is 17.3 Å². The summed E-state index contributed by atoms with van der Waals surface area (Å²) >= 11 is 0. The molecule has 1 aromatic carbocycles. The number of carbonyl (C=O) groups is 1. The molecule has 0 saturated heterocycles. The van der Waals surface area contributed by atoms with E-state index in [4.69, 9.17) is 0 Å². The molecule has 2 rings (SSSR count). The number of hydrogen-bond acceptors (Lipinski definition) is 4. The van der Waals surface area contributed by atoms with Crippen molar-refractivity contribution in [1.82, 2.24) is 9.97 Å². The topological polar surface area (TPSA) is 66.9 Å². The molecule has 0 aliphatic rings. The van der Waals surface area contributed by atoms with Gasteiger partial charge in [-0.1, -0.05) is 25.5 Å². The molecule has 0 saturated carbocycles. The fourth-order valence-electron chi connectivity index (χ4n) is 1.68. The largest absolute Gasteiger partial charge is 0.369 e. The number of halogens is 1. The molecule has 1 aromatic heterocycles. The van der Waals surface area contributed by atoms with Crippen LogP contribution >= 0.6 is 0 Å². The van der Waals surface area contributed by atoms with Gasteiger partial charge in [0.25, 0.3) is 5.91 Å². The molecule has 0 unspecified atom stereocenters. The zero-order chi connectivity index (χ0) is 15.1. The Hall–Kier alpha value is -2.50. The summed E-state index contributed by atoms with van der Waals surface area (Å²) in [4.78, 5) is 20.1. The molecule has 0 atom stereocenters. The highest BCUT2D eigenvalue weighted by atomic mass is 19.1. The van der Waals surface area contributed by atoms with Crippen LogP contribution in [0.4, 0.5) is 15.9 Å². The molecular formula is C15H17FN4O. The average molecular weight is 288 g/mol. The summed E-state index contributed by atoms with van der Waals surface area (Å²) in [6, 6.07) is 5.97. The summed E-state index contributed by atoms with van der Waals surface area (Å²) in [5.74, 6) is -0.365. The van der Waals surface area contributed by atoms with Gasteiger partial charge in [-0.3, -0.25) is 4.79 Å². The molecule has 0 radical (unpaired) electrons. The van der Waals surface area contributed by atoms with Crippen LogP contribution in [0.25, 0.3) is 0 Å². The fourth-order valence-corrected chi connectivity index (χ4v) is 1.68. The second-order valence-electron chi connectivity index (χ2n) is 4.50. The number of aromatic nitrogens is 2. The number of para-hydroxylation sites is 1. The highest BCUT2D eigenvalue weighted by molar-refractivity contribution is 6.02. The summed E-state index contributed by atoms with van der Waals surface area (Å²) in [7, 11) is 0. The molecule has 0 aliphatic heterocycles. The lowest BCUT2D eigenvalue weighted by Crippen LogP contribution is -2.15. The van der Waals surface area contributed by atoms with E-state index in [9.17, 15) is 9.18 Å². The normalized spacial score (nSPS) is 10.2. The smallest absolute Gasteiger partial charge is 0.275 e. The molecule has 0 spiro atoms. The molecule has 0 fully saturated rings. The summed E-state index contributed by atoms with van der Waals surface area (Å²) in [5, 5.41) is 5.57. The molecule has 0 bridgehead atoms. The Morgan fingerprint density at radius 1 is 1.24 bits per heavy atom. The molecule has 5 nitrogen and oxygen atoms in total. The molecule has 2 N–H and O–H groups in total. The maximum absolute atomic E-state index is 13.4. The third-order valence-electron chi connectivity index (χ3n) is 2.84. The van der Waals surface area contributed by atoms with Crippen molar-refractivity contribution in [3.05, 3.63) is 48.2 Å². The standard InChI is InChI=1S/C15H17FN4O/c1-2-3-8-17-14-10-18-13(9-19-14)15(21)20-12-7-5-4-6-11(12)16/h4-7,9-10H,2-3,8H2,1H3,(H,17,19)(H,20,21). The summed E-state index contributed by atoms with van der Waals surface area (Å²) < 4.78 is 13.4. The molecule has 0 aliphatic carbocycles. The number of nitrogens with zero attached hydrogens (tertiary/aromatic N) is 2. The first-order valence-corrected chi connectivity index (χ1v) is 6.82. The zero-order valence-electron chi connectivity index (χ0n) is 11.8. The van der Waals surface area contributed by atoms with Crippen molar-refractivity contribution in [2.75, 3.05) is 17.2 Å².